The Morgan fingerprint density at radius 2 is 2.12 bits per heavy atom. The van der Waals surface area contributed by atoms with Crippen LogP contribution in [0.4, 0.5) is 5.69 Å². The van der Waals surface area contributed by atoms with Gasteiger partial charge in [-0.3, -0.25) is 0 Å². The van der Waals surface area contributed by atoms with Crippen LogP contribution in [0.3, 0.4) is 0 Å². The number of benzene rings is 1. The molecule has 2 N–H and O–H groups in total. The number of carboxylic acid groups (broad SMARTS) is 1. The third-order valence-corrected chi connectivity index (χ3v) is 2.42. The van der Waals surface area contributed by atoms with E-state index in [-0.39, 0.29) is 5.56 Å². The van der Waals surface area contributed by atoms with E-state index in [2.05, 4.69) is 27.2 Å². The molecule has 0 saturated heterocycles. The first kappa shape index (κ1) is 12.6. The van der Waals surface area contributed by atoms with Gasteiger partial charge in [0.15, 0.2) is 0 Å². The van der Waals surface area contributed by atoms with Crippen molar-refractivity contribution in [2.45, 2.75) is 19.4 Å². The molecule has 0 amide bonds. The van der Waals surface area contributed by atoms with E-state index < -0.39 is 11.5 Å². The van der Waals surface area contributed by atoms with Gasteiger partial charge < -0.3 is 10.4 Å². The number of anilines is 1. The minimum absolute atomic E-state index is 0.213. The molecule has 0 heterocycles. The quantitative estimate of drug-likeness (QED) is 0.838. The predicted molar refractivity (Wildman–Crippen MR) is 67.6 cm³/mol. The van der Waals surface area contributed by atoms with Gasteiger partial charge in [-0.05, 0) is 32.0 Å². The summed E-state index contributed by atoms with van der Waals surface area (Å²) in [4.78, 5) is 10.9. The average molecular weight is 282 g/mol. The van der Waals surface area contributed by atoms with Gasteiger partial charge in [-0.2, -0.15) is 0 Å². The molecule has 16 heavy (non-hydrogen) atoms. The maximum Gasteiger partial charge on any atom is 0.335 e. The second-order valence-corrected chi connectivity index (χ2v) is 4.84. The van der Waals surface area contributed by atoms with Gasteiger partial charge in [0, 0.05) is 10.2 Å². The van der Waals surface area contributed by atoms with Crippen LogP contribution in [-0.2, 0) is 0 Å². The Morgan fingerprint density at radius 1 is 1.50 bits per heavy atom. The number of nitrogens with one attached hydrogen (secondary N) is 1. The van der Waals surface area contributed by atoms with Gasteiger partial charge in [-0.25, -0.2) is 4.79 Å². The van der Waals surface area contributed by atoms with Gasteiger partial charge in [0.2, 0.25) is 0 Å². The van der Waals surface area contributed by atoms with Gasteiger partial charge in [-0.1, -0.05) is 21.9 Å². The monoisotopic (exact) mass is 281 g/mol. The molecule has 0 saturated carbocycles. The number of rotatable bonds is 3. The van der Waals surface area contributed by atoms with Crippen molar-refractivity contribution in [2.75, 3.05) is 5.32 Å². The number of carbonyl (C=O) groups is 1. The number of halogens is 1. The van der Waals surface area contributed by atoms with Crippen molar-refractivity contribution in [3.8, 4) is 12.3 Å². The van der Waals surface area contributed by atoms with E-state index in [9.17, 15) is 4.79 Å². The molecule has 0 aromatic heterocycles. The average Bonchev–Trinajstić information content (AvgIpc) is 2.16. The first-order valence-electron chi connectivity index (χ1n) is 4.64. The molecular weight excluding hydrogens is 270 g/mol. The fraction of sp³-hybridized carbons (Fsp3) is 0.250. The molecule has 1 aromatic rings. The molecule has 0 spiro atoms. The normalized spacial score (nSPS) is 10.6. The molecule has 84 valence electrons. The molecule has 0 aliphatic carbocycles. The van der Waals surface area contributed by atoms with Crippen molar-refractivity contribution >= 4 is 27.6 Å². The number of hydrogen-bond acceptors (Lipinski definition) is 2. The molecule has 3 nitrogen and oxygen atoms in total. The van der Waals surface area contributed by atoms with Crippen molar-refractivity contribution in [2.24, 2.45) is 0 Å². The van der Waals surface area contributed by atoms with Crippen LogP contribution < -0.4 is 5.32 Å². The molecule has 0 aliphatic rings. The Labute approximate surface area is 103 Å². The van der Waals surface area contributed by atoms with Crippen molar-refractivity contribution in [1.82, 2.24) is 0 Å². The lowest BCUT2D eigenvalue weighted by Gasteiger charge is -2.21. The fourth-order valence-corrected chi connectivity index (χ4v) is 1.68. The predicted octanol–water partition coefficient (Wildman–Crippen LogP) is 2.97. The molecule has 0 radical (unpaired) electrons. The zero-order valence-corrected chi connectivity index (χ0v) is 10.6. The first-order valence-corrected chi connectivity index (χ1v) is 5.43. The standard InChI is InChI=1S/C12H12BrNO2/c1-4-12(2,3)14-10-6-8(11(15)16)5-9(13)7-10/h1,5-7,14H,2-3H3,(H,15,16). The van der Waals surface area contributed by atoms with E-state index >= 15 is 0 Å². The SMILES string of the molecule is C#CC(C)(C)Nc1cc(Br)cc(C(=O)O)c1. The highest BCUT2D eigenvalue weighted by Gasteiger charge is 2.14. The van der Waals surface area contributed by atoms with Crippen molar-refractivity contribution < 1.29 is 9.90 Å². The van der Waals surface area contributed by atoms with Gasteiger partial charge in [0.25, 0.3) is 0 Å². The Morgan fingerprint density at radius 3 is 2.62 bits per heavy atom. The van der Waals surface area contributed by atoms with E-state index in [1.807, 2.05) is 13.8 Å². The molecule has 1 aromatic carbocycles. The van der Waals surface area contributed by atoms with Crippen LogP contribution in [0.2, 0.25) is 0 Å². The number of aromatic carboxylic acids is 1. The summed E-state index contributed by atoms with van der Waals surface area (Å²) in [5.74, 6) is 1.61. The van der Waals surface area contributed by atoms with Gasteiger partial charge >= 0.3 is 5.97 Å². The highest BCUT2D eigenvalue weighted by atomic mass is 79.9. The maximum atomic E-state index is 10.9. The third kappa shape index (κ3) is 3.28. The minimum Gasteiger partial charge on any atom is -0.478 e. The molecule has 1 rings (SSSR count). The zero-order valence-electron chi connectivity index (χ0n) is 9.04. The fourth-order valence-electron chi connectivity index (χ4n) is 1.18. The number of terminal acetylenes is 1. The Hall–Kier alpha value is -1.47. The lowest BCUT2D eigenvalue weighted by molar-refractivity contribution is 0.0697. The minimum atomic E-state index is -0.970. The highest BCUT2D eigenvalue weighted by Crippen LogP contribution is 2.22. The Balaban J connectivity index is 3.07. The van der Waals surface area contributed by atoms with Crippen LogP contribution in [0.25, 0.3) is 0 Å². The van der Waals surface area contributed by atoms with Crippen molar-refractivity contribution in [3.63, 3.8) is 0 Å². The van der Waals surface area contributed by atoms with Crippen LogP contribution in [-0.4, -0.2) is 16.6 Å². The lowest BCUT2D eigenvalue weighted by Crippen LogP contribution is -2.28. The second-order valence-electron chi connectivity index (χ2n) is 3.93. The molecular formula is C12H12BrNO2. The molecule has 0 bridgehead atoms. The zero-order chi connectivity index (χ0) is 12.3. The van der Waals surface area contributed by atoms with Crippen molar-refractivity contribution in [3.05, 3.63) is 28.2 Å². The molecule has 0 aliphatic heterocycles. The first-order chi connectivity index (χ1) is 7.34. The summed E-state index contributed by atoms with van der Waals surface area (Å²) in [5.41, 5.74) is 0.371. The summed E-state index contributed by atoms with van der Waals surface area (Å²) >= 11 is 3.26. The van der Waals surface area contributed by atoms with E-state index in [4.69, 9.17) is 11.5 Å². The van der Waals surface area contributed by atoms with Gasteiger partial charge in [-0.15, -0.1) is 6.42 Å². The van der Waals surface area contributed by atoms with E-state index in [0.29, 0.717) is 10.2 Å². The highest BCUT2D eigenvalue weighted by molar-refractivity contribution is 9.10. The summed E-state index contributed by atoms with van der Waals surface area (Å²) in [5, 5.41) is 12.0. The Bertz CT molecular complexity index is 461. The van der Waals surface area contributed by atoms with Crippen molar-refractivity contribution in [1.29, 1.82) is 0 Å². The van der Waals surface area contributed by atoms with Crippen LogP contribution in [0.15, 0.2) is 22.7 Å². The van der Waals surface area contributed by atoms with E-state index in [1.54, 1.807) is 12.1 Å². The number of hydrogen-bond donors (Lipinski definition) is 2. The third-order valence-electron chi connectivity index (χ3n) is 1.96. The Kier molecular flexibility index (Phi) is 3.61. The molecule has 0 unspecified atom stereocenters. The molecule has 0 fully saturated rings. The van der Waals surface area contributed by atoms with Crippen LogP contribution in [0.1, 0.15) is 24.2 Å². The number of carboxylic acids is 1. The summed E-state index contributed by atoms with van der Waals surface area (Å²) < 4.78 is 0.697. The summed E-state index contributed by atoms with van der Waals surface area (Å²) in [6.07, 6.45) is 5.35. The van der Waals surface area contributed by atoms with Crippen LogP contribution >= 0.6 is 15.9 Å². The summed E-state index contributed by atoms with van der Waals surface area (Å²) in [7, 11) is 0. The maximum absolute atomic E-state index is 10.9. The van der Waals surface area contributed by atoms with Gasteiger partial charge in [0.1, 0.15) is 0 Å². The smallest absolute Gasteiger partial charge is 0.335 e. The van der Waals surface area contributed by atoms with Crippen LogP contribution in [0.5, 0.6) is 0 Å². The van der Waals surface area contributed by atoms with Gasteiger partial charge in [0.05, 0.1) is 11.1 Å². The van der Waals surface area contributed by atoms with E-state index in [1.165, 1.54) is 6.07 Å². The molecule has 4 heteroatoms. The molecule has 0 atom stereocenters. The largest absolute Gasteiger partial charge is 0.478 e. The van der Waals surface area contributed by atoms with E-state index in [0.717, 1.165) is 0 Å². The summed E-state index contributed by atoms with van der Waals surface area (Å²) in [6.45, 7) is 3.68. The second kappa shape index (κ2) is 4.58. The topological polar surface area (TPSA) is 49.3 Å². The van der Waals surface area contributed by atoms with Crippen LogP contribution in [0, 0.1) is 12.3 Å². The lowest BCUT2D eigenvalue weighted by atomic mass is 10.1. The summed E-state index contributed by atoms with van der Waals surface area (Å²) in [6, 6.07) is 4.87.